The van der Waals surface area contributed by atoms with Crippen LogP contribution in [0.3, 0.4) is 0 Å². The second kappa shape index (κ2) is 9.23. The van der Waals surface area contributed by atoms with Gasteiger partial charge in [0.1, 0.15) is 17.1 Å². The van der Waals surface area contributed by atoms with E-state index < -0.39 is 5.91 Å². The lowest BCUT2D eigenvalue weighted by atomic mass is 10.2. The van der Waals surface area contributed by atoms with E-state index in [1.54, 1.807) is 13.2 Å². The third-order valence-electron chi connectivity index (χ3n) is 4.47. The fourth-order valence-corrected chi connectivity index (χ4v) is 4.50. The number of hydrogen-bond donors (Lipinski definition) is 1. The third-order valence-corrected chi connectivity index (χ3v) is 6.18. The molecule has 0 atom stereocenters. The number of hydrazone groups is 1. The number of nitrogens with zero attached hydrogens (tertiary/aromatic N) is 3. The van der Waals surface area contributed by atoms with Gasteiger partial charge in [-0.15, -0.1) is 11.3 Å². The lowest BCUT2D eigenvalue weighted by Crippen LogP contribution is -2.29. The highest BCUT2D eigenvalue weighted by Crippen LogP contribution is 2.30. The number of benzene rings is 2. The van der Waals surface area contributed by atoms with E-state index in [0.29, 0.717) is 16.0 Å². The maximum Gasteiger partial charge on any atom is 0.262 e. The fraction of sp³-hybridized carbons (Fsp3) is 0.0909. The molecule has 0 aliphatic heterocycles. The summed E-state index contributed by atoms with van der Waals surface area (Å²) in [6.07, 6.45) is 2.90. The first-order valence-corrected chi connectivity index (χ1v) is 10.9. The van der Waals surface area contributed by atoms with Gasteiger partial charge in [-0.25, -0.2) is 10.4 Å². The van der Waals surface area contributed by atoms with Crippen LogP contribution in [-0.2, 0) is 11.3 Å². The Balaban J connectivity index is 1.46. The SMILES string of the molecule is COc1ccc(/C=N/NC(=O)Cn2cnc3sc(-c4ccccc4)cc3c2=O)cc1Br. The summed E-state index contributed by atoms with van der Waals surface area (Å²) in [5, 5.41) is 4.44. The highest BCUT2D eigenvalue weighted by atomic mass is 79.9. The zero-order valence-electron chi connectivity index (χ0n) is 16.4. The minimum absolute atomic E-state index is 0.179. The van der Waals surface area contributed by atoms with E-state index in [1.165, 1.54) is 28.4 Å². The van der Waals surface area contributed by atoms with E-state index in [1.807, 2.05) is 48.5 Å². The predicted molar refractivity (Wildman–Crippen MR) is 126 cm³/mol. The minimum Gasteiger partial charge on any atom is -0.496 e. The average Bonchev–Trinajstić information content (AvgIpc) is 3.22. The van der Waals surface area contributed by atoms with Gasteiger partial charge in [0, 0.05) is 4.88 Å². The number of ether oxygens (including phenoxy) is 1. The first kappa shape index (κ1) is 21.0. The molecule has 0 fully saturated rings. The maximum absolute atomic E-state index is 12.8. The summed E-state index contributed by atoms with van der Waals surface area (Å²) in [7, 11) is 1.58. The van der Waals surface area contributed by atoms with Gasteiger partial charge in [-0.3, -0.25) is 14.2 Å². The van der Waals surface area contributed by atoms with Crippen LogP contribution in [0.2, 0.25) is 0 Å². The van der Waals surface area contributed by atoms with Gasteiger partial charge in [0.15, 0.2) is 0 Å². The molecule has 0 saturated heterocycles. The number of aromatic nitrogens is 2. The molecule has 4 aromatic rings. The number of nitrogens with one attached hydrogen (secondary N) is 1. The number of amides is 1. The van der Waals surface area contributed by atoms with Gasteiger partial charge in [0.2, 0.25) is 0 Å². The Hall–Kier alpha value is -3.30. The molecule has 0 radical (unpaired) electrons. The monoisotopic (exact) mass is 496 g/mol. The number of rotatable bonds is 6. The molecule has 0 spiro atoms. The second-order valence-electron chi connectivity index (χ2n) is 6.56. The molecule has 31 heavy (non-hydrogen) atoms. The van der Waals surface area contributed by atoms with Crippen molar-refractivity contribution in [2.45, 2.75) is 6.54 Å². The molecule has 0 aliphatic carbocycles. The normalized spacial score (nSPS) is 11.2. The topological polar surface area (TPSA) is 85.6 Å². The molecular weight excluding hydrogens is 480 g/mol. The Labute approximate surface area is 190 Å². The summed E-state index contributed by atoms with van der Waals surface area (Å²) in [4.78, 5) is 31.0. The Morgan fingerprint density at radius 2 is 2.06 bits per heavy atom. The van der Waals surface area contributed by atoms with Gasteiger partial charge in [0.25, 0.3) is 11.5 Å². The van der Waals surface area contributed by atoms with Gasteiger partial charge in [-0.2, -0.15) is 5.10 Å². The van der Waals surface area contributed by atoms with Crippen molar-refractivity contribution < 1.29 is 9.53 Å². The quantitative estimate of drug-likeness (QED) is 0.322. The lowest BCUT2D eigenvalue weighted by Gasteiger charge is -2.04. The maximum atomic E-state index is 12.8. The molecule has 2 aromatic heterocycles. The smallest absolute Gasteiger partial charge is 0.262 e. The van der Waals surface area contributed by atoms with Crippen LogP contribution < -0.4 is 15.7 Å². The molecule has 0 saturated carbocycles. The first-order valence-electron chi connectivity index (χ1n) is 9.25. The Kier molecular flexibility index (Phi) is 6.24. The molecule has 0 aliphatic rings. The summed E-state index contributed by atoms with van der Waals surface area (Å²) in [6.45, 7) is -0.179. The van der Waals surface area contributed by atoms with Crippen LogP contribution >= 0.6 is 27.3 Å². The third kappa shape index (κ3) is 4.73. The van der Waals surface area contributed by atoms with Crippen molar-refractivity contribution in [1.82, 2.24) is 15.0 Å². The molecule has 1 N–H and O–H groups in total. The molecule has 0 unspecified atom stereocenters. The van der Waals surface area contributed by atoms with E-state index >= 15 is 0 Å². The molecule has 7 nitrogen and oxygen atoms in total. The Bertz CT molecular complexity index is 1330. The van der Waals surface area contributed by atoms with E-state index in [9.17, 15) is 9.59 Å². The second-order valence-corrected chi connectivity index (χ2v) is 8.45. The Morgan fingerprint density at radius 1 is 1.26 bits per heavy atom. The van der Waals surface area contributed by atoms with Gasteiger partial charge >= 0.3 is 0 Å². The molecule has 4 rings (SSSR count). The van der Waals surface area contributed by atoms with Crippen LogP contribution in [0.1, 0.15) is 5.56 Å². The molecular formula is C22H17BrN4O3S. The van der Waals surface area contributed by atoms with Crippen molar-refractivity contribution >= 4 is 49.6 Å². The highest BCUT2D eigenvalue weighted by Gasteiger charge is 2.12. The summed E-state index contributed by atoms with van der Waals surface area (Å²) in [5.41, 5.74) is 3.97. The fourth-order valence-electron chi connectivity index (χ4n) is 2.95. The van der Waals surface area contributed by atoms with Crippen LogP contribution in [0.4, 0.5) is 0 Å². The van der Waals surface area contributed by atoms with Crippen molar-refractivity contribution in [2.75, 3.05) is 7.11 Å². The number of fused-ring (bicyclic) bond motifs is 1. The zero-order valence-corrected chi connectivity index (χ0v) is 18.8. The molecule has 2 aromatic carbocycles. The van der Waals surface area contributed by atoms with Crippen molar-refractivity contribution in [3.05, 3.63) is 81.3 Å². The van der Waals surface area contributed by atoms with Crippen LogP contribution in [-0.4, -0.2) is 28.8 Å². The van der Waals surface area contributed by atoms with E-state index in [0.717, 1.165) is 20.5 Å². The number of carbonyl (C=O) groups excluding carboxylic acids is 1. The number of hydrogen-bond acceptors (Lipinski definition) is 6. The van der Waals surface area contributed by atoms with E-state index in [4.69, 9.17) is 4.74 Å². The molecule has 2 heterocycles. The number of methoxy groups -OCH3 is 1. The van der Waals surface area contributed by atoms with Crippen molar-refractivity contribution in [1.29, 1.82) is 0 Å². The van der Waals surface area contributed by atoms with Gasteiger partial charge in [-0.05, 0) is 51.3 Å². The molecule has 1 amide bonds. The van der Waals surface area contributed by atoms with Crippen LogP contribution in [0.25, 0.3) is 20.7 Å². The van der Waals surface area contributed by atoms with Crippen LogP contribution in [0.5, 0.6) is 5.75 Å². The van der Waals surface area contributed by atoms with Crippen LogP contribution in [0.15, 0.2) is 75.3 Å². The average molecular weight is 497 g/mol. The van der Waals surface area contributed by atoms with Gasteiger partial charge in [-0.1, -0.05) is 30.3 Å². The standard InChI is InChI=1S/C22H17BrN4O3S/c1-30-18-8-7-14(9-17(18)23)11-25-26-20(28)12-27-13-24-21-16(22(27)29)10-19(31-21)15-5-3-2-4-6-15/h2-11,13H,12H2,1H3,(H,26,28)/b25-11+. The minimum atomic E-state index is -0.425. The largest absolute Gasteiger partial charge is 0.496 e. The Morgan fingerprint density at radius 3 is 2.81 bits per heavy atom. The highest BCUT2D eigenvalue weighted by molar-refractivity contribution is 9.10. The van der Waals surface area contributed by atoms with E-state index in [2.05, 4.69) is 31.4 Å². The van der Waals surface area contributed by atoms with E-state index in [-0.39, 0.29) is 12.1 Å². The van der Waals surface area contributed by atoms with Crippen molar-refractivity contribution in [3.8, 4) is 16.2 Å². The van der Waals surface area contributed by atoms with Gasteiger partial charge in [0.05, 0.1) is 29.5 Å². The number of carbonyl (C=O) groups is 1. The molecule has 156 valence electrons. The molecule has 9 heteroatoms. The summed E-state index contributed by atoms with van der Waals surface area (Å²) in [5.74, 6) is 0.276. The summed E-state index contributed by atoms with van der Waals surface area (Å²) >= 11 is 4.84. The first-order chi connectivity index (χ1) is 15.0. The van der Waals surface area contributed by atoms with Crippen molar-refractivity contribution in [3.63, 3.8) is 0 Å². The van der Waals surface area contributed by atoms with Gasteiger partial charge < -0.3 is 4.74 Å². The lowest BCUT2D eigenvalue weighted by molar-refractivity contribution is -0.121. The number of halogens is 1. The van der Waals surface area contributed by atoms with Crippen molar-refractivity contribution in [2.24, 2.45) is 5.10 Å². The number of thiophene rings is 1. The van der Waals surface area contributed by atoms with Crippen LogP contribution in [0, 0.1) is 0 Å². The zero-order chi connectivity index (χ0) is 21.8. The predicted octanol–water partition coefficient (Wildman–Crippen LogP) is 4.05. The summed E-state index contributed by atoms with van der Waals surface area (Å²) in [6, 6.07) is 17.0. The molecule has 0 bridgehead atoms. The summed E-state index contributed by atoms with van der Waals surface area (Å²) < 4.78 is 7.23.